The summed E-state index contributed by atoms with van der Waals surface area (Å²) in [7, 11) is 0. The summed E-state index contributed by atoms with van der Waals surface area (Å²) in [4.78, 5) is 20.2. The fourth-order valence-corrected chi connectivity index (χ4v) is 0.470. The second-order valence-electron chi connectivity index (χ2n) is 1.72. The molecule has 0 fully saturated rings. The van der Waals surface area contributed by atoms with Crippen LogP contribution >= 0.6 is 0 Å². The molecule has 0 N–H and O–H groups in total. The summed E-state index contributed by atoms with van der Waals surface area (Å²) in [6.07, 6.45) is -5.03. The van der Waals surface area contributed by atoms with Crippen molar-refractivity contribution in [1.82, 2.24) is 9.78 Å². The van der Waals surface area contributed by atoms with Crippen LogP contribution in [0.3, 0.4) is 0 Å². The molecule has 0 bridgehead atoms. The van der Waals surface area contributed by atoms with E-state index in [1.807, 2.05) is 0 Å². The molecule has 0 saturated heterocycles. The quantitative estimate of drug-likeness (QED) is 0.568. The largest absolute Gasteiger partial charge is 0.470 e. The second kappa shape index (κ2) is 2.47. The second-order valence-corrected chi connectivity index (χ2v) is 1.72. The lowest BCUT2D eigenvalue weighted by Gasteiger charge is -1.95. The van der Waals surface area contributed by atoms with Gasteiger partial charge in [0.15, 0.2) is 0 Å². The maximum atomic E-state index is 11.7. The van der Waals surface area contributed by atoms with Crippen molar-refractivity contribution in [3.8, 4) is 0 Å². The molecule has 1 rings (SSSR count). The molecule has 0 radical (unpaired) electrons. The van der Waals surface area contributed by atoms with Crippen LogP contribution in [-0.4, -0.2) is 16.2 Å². The number of carbonyl (C=O) groups is 1. The molecule has 0 aromatic carbocycles. The Morgan fingerprint density at radius 1 is 1.50 bits per heavy atom. The molecule has 0 aliphatic rings. The van der Waals surface area contributed by atoms with E-state index in [0.29, 0.717) is 0 Å². The highest BCUT2D eigenvalue weighted by Crippen LogP contribution is 2.25. The molecular formula is C4HF3N2O3. The van der Waals surface area contributed by atoms with E-state index in [9.17, 15) is 22.8 Å². The highest BCUT2D eigenvalue weighted by molar-refractivity contribution is 5.49. The summed E-state index contributed by atoms with van der Waals surface area (Å²) in [5.41, 5.74) is 0. The van der Waals surface area contributed by atoms with Crippen LogP contribution in [0.25, 0.3) is 0 Å². The Hall–Kier alpha value is -1.60. The fraction of sp³-hybridized carbons (Fsp3) is 0.250. The number of hydrogen-bond acceptors (Lipinski definition) is 4. The molecule has 12 heavy (non-hydrogen) atoms. The van der Waals surface area contributed by atoms with E-state index in [1.54, 1.807) is 0 Å². The van der Waals surface area contributed by atoms with E-state index in [4.69, 9.17) is 0 Å². The zero-order valence-corrected chi connectivity index (χ0v) is 5.33. The van der Waals surface area contributed by atoms with Gasteiger partial charge in [0.25, 0.3) is 0 Å². The Balaban J connectivity index is 3.22. The van der Waals surface area contributed by atoms with Gasteiger partial charge in [-0.2, -0.15) is 13.2 Å². The molecule has 1 aromatic heterocycles. The summed E-state index contributed by atoms with van der Waals surface area (Å²) in [5.74, 6) is -3.20. The van der Waals surface area contributed by atoms with Crippen molar-refractivity contribution < 1.29 is 22.4 Å². The highest BCUT2D eigenvalue weighted by atomic mass is 19.4. The van der Waals surface area contributed by atoms with Gasteiger partial charge in [-0.25, -0.2) is 4.79 Å². The molecule has 0 atom stereocenters. The number of aromatic nitrogens is 2. The van der Waals surface area contributed by atoms with Gasteiger partial charge in [-0.15, -0.1) is 9.78 Å². The first-order valence-corrected chi connectivity index (χ1v) is 2.57. The van der Waals surface area contributed by atoms with E-state index in [-0.39, 0.29) is 11.1 Å². The molecule has 0 spiro atoms. The van der Waals surface area contributed by atoms with Crippen LogP contribution in [0.5, 0.6) is 0 Å². The third kappa shape index (κ3) is 1.36. The number of halogens is 3. The standard InChI is InChI=1S/C4HF3N2O3/c5-4(6,7)2-8-9(1-10)3(11)12-2/h1H. The van der Waals surface area contributed by atoms with Gasteiger partial charge >= 0.3 is 17.8 Å². The van der Waals surface area contributed by atoms with E-state index in [2.05, 4.69) is 9.52 Å². The van der Waals surface area contributed by atoms with Gasteiger partial charge in [-0.3, -0.25) is 4.79 Å². The van der Waals surface area contributed by atoms with Gasteiger partial charge in [-0.05, 0) is 0 Å². The number of carbonyl (C=O) groups excluding carboxylic acids is 1. The number of rotatable bonds is 1. The molecule has 0 amide bonds. The predicted octanol–water partition coefficient (Wildman–Crippen LogP) is -0.107. The van der Waals surface area contributed by atoms with Crippen molar-refractivity contribution in [2.75, 3.05) is 0 Å². The Morgan fingerprint density at radius 2 is 2.08 bits per heavy atom. The van der Waals surface area contributed by atoms with Gasteiger partial charge < -0.3 is 4.42 Å². The van der Waals surface area contributed by atoms with Gasteiger partial charge in [0.05, 0.1) is 0 Å². The van der Waals surface area contributed by atoms with Crippen LogP contribution in [-0.2, 0) is 11.0 Å². The molecule has 0 saturated carbocycles. The first-order chi connectivity index (χ1) is 5.45. The molecular weight excluding hydrogens is 181 g/mol. The van der Waals surface area contributed by atoms with E-state index in [1.165, 1.54) is 0 Å². The summed E-state index contributed by atoms with van der Waals surface area (Å²) in [6.45, 7) is 0. The van der Waals surface area contributed by atoms with Crippen molar-refractivity contribution in [2.45, 2.75) is 6.18 Å². The third-order valence-electron chi connectivity index (χ3n) is 0.912. The number of nitrogens with zero attached hydrogens (tertiary/aromatic N) is 2. The highest BCUT2D eigenvalue weighted by Gasteiger charge is 2.38. The molecule has 8 heteroatoms. The van der Waals surface area contributed by atoms with E-state index >= 15 is 0 Å². The first-order valence-electron chi connectivity index (χ1n) is 2.57. The first kappa shape index (κ1) is 8.50. The molecule has 66 valence electrons. The van der Waals surface area contributed by atoms with Gasteiger partial charge in [-0.1, -0.05) is 0 Å². The minimum Gasteiger partial charge on any atom is -0.383 e. The van der Waals surface area contributed by atoms with Crippen molar-refractivity contribution in [3.05, 3.63) is 16.4 Å². The predicted molar refractivity (Wildman–Crippen MR) is 27.9 cm³/mol. The maximum Gasteiger partial charge on any atom is 0.470 e. The van der Waals surface area contributed by atoms with Gasteiger partial charge in [0.2, 0.25) is 6.41 Å². The molecule has 5 nitrogen and oxygen atoms in total. The van der Waals surface area contributed by atoms with Crippen LogP contribution in [0.4, 0.5) is 13.2 Å². The molecule has 0 aliphatic heterocycles. The maximum absolute atomic E-state index is 11.7. The zero-order valence-electron chi connectivity index (χ0n) is 5.33. The lowest BCUT2D eigenvalue weighted by Crippen LogP contribution is -2.14. The Morgan fingerprint density at radius 3 is 2.33 bits per heavy atom. The van der Waals surface area contributed by atoms with Crippen molar-refractivity contribution >= 4 is 6.41 Å². The lowest BCUT2D eigenvalue weighted by molar-refractivity contribution is -0.157. The summed E-state index contributed by atoms with van der Waals surface area (Å²) < 4.78 is 38.6. The topological polar surface area (TPSA) is 65.1 Å². The normalized spacial score (nSPS) is 11.6. The summed E-state index contributed by atoms with van der Waals surface area (Å²) >= 11 is 0. The van der Waals surface area contributed by atoms with Crippen molar-refractivity contribution in [1.29, 1.82) is 0 Å². The van der Waals surface area contributed by atoms with Crippen LogP contribution < -0.4 is 5.76 Å². The van der Waals surface area contributed by atoms with Crippen molar-refractivity contribution in [3.63, 3.8) is 0 Å². The van der Waals surface area contributed by atoms with Crippen LogP contribution in [0.1, 0.15) is 5.89 Å². The Kier molecular flexibility index (Phi) is 1.75. The average molecular weight is 182 g/mol. The van der Waals surface area contributed by atoms with Crippen LogP contribution in [0.15, 0.2) is 9.21 Å². The average Bonchev–Trinajstić information content (AvgIpc) is 2.29. The molecule has 0 aliphatic carbocycles. The van der Waals surface area contributed by atoms with Crippen LogP contribution in [0.2, 0.25) is 0 Å². The monoisotopic (exact) mass is 182 g/mol. The molecule has 0 unspecified atom stereocenters. The SMILES string of the molecule is O=Cn1nc(C(F)(F)F)oc1=O. The summed E-state index contributed by atoms with van der Waals surface area (Å²) in [5, 5.41) is 2.54. The molecule has 1 aromatic rings. The van der Waals surface area contributed by atoms with E-state index in [0.717, 1.165) is 0 Å². The molecule has 1 heterocycles. The minimum atomic E-state index is -4.85. The van der Waals surface area contributed by atoms with Crippen molar-refractivity contribution in [2.24, 2.45) is 0 Å². The van der Waals surface area contributed by atoms with Crippen LogP contribution in [0, 0.1) is 0 Å². The Labute approximate surface area is 62.4 Å². The lowest BCUT2D eigenvalue weighted by atomic mass is 10.7. The smallest absolute Gasteiger partial charge is 0.383 e. The summed E-state index contributed by atoms with van der Waals surface area (Å²) in [6, 6.07) is 0. The number of alkyl halides is 3. The fourth-order valence-electron chi connectivity index (χ4n) is 0.470. The Bertz CT molecular complexity index is 349. The zero-order chi connectivity index (χ0) is 9.35. The number of hydrogen-bond donors (Lipinski definition) is 0. The third-order valence-corrected chi connectivity index (χ3v) is 0.912. The minimum absolute atomic E-state index is 0.0805. The van der Waals surface area contributed by atoms with Gasteiger partial charge in [0, 0.05) is 0 Å². The van der Waals surface area contributed by atoms with Gasteiger partial charge in [0.1, 0.15) is 0 Å². The van der Waals surface area contributed by atoms with E-state index < -0.39 is 17.8 Å².